The largest absolute Gasteiger partial charge is 0.487 e. The Hall–Kier alpha value is -3.62. The van der Waals surface area contributed by atoms with Crippen molar-refractivity contribution in [3.63, 3.8) is 0 Å². The summed E-state index contributed by atoms with van der Waals surface area (Å²) in [5.74, 6) is 0.00321. The predicted molar refractivity (Wildman–Crippen MR) is 188 cm³/mol. The van der Waals surface area contributed by atoms with E-state index in [4.69, 9.17) is 9.73 Å². The average Bonchev–Trinajstić information content (AvgIpc) is 3.31. The number of halogens is 3. The number of nitrogens with one attached hydrogen (secondary N) is 1. The number of carbonyl (C=O) groups is 1. The number of hydrogen-bond acceptors (Lipinski definition) is 5. The van der Waals surface area contributed by atoms with Gasteiger partial charge in [0.2, 0.25) is 0 Å². The molecule has 10 heteroatoms. The molecule has 6 nitrogen and oxygen atoms in total. The Morgan fingerprint density at radius 1 is 1.00 bits per heavy atom. The molecule has 6 rings (SSSR count). The van der Waals surface area contributed by atoms with Crippen molar-refractivity contribution < 1.29 is 13.9 Å². The molecule has 1 aliphatic heterocycles. The number of allylic oxidation sites excluding steroid dienone is 1. The van der Waals surface area contributed by atoms with E-state index < -0.39 is 11.9 Å². The van der Waals surface area contributed by atoms with Crippen molar-refractivity contribution in [3.8, 4) is 5.75 Å². The number of thiazole rings is 1. The highest BCUT2D eigenvalue weighted by Crippen LogP contribution is 2.32. The number of anilines is 1. The van der Waals surface area contributed by atoms with E-state index >= 15 is 0 Å². The lowest BCUT2D eigenvalue weighted by molar-refractivity contribution is -0.113. The standard InChI is InChI=1S/C34H24FI2N3O3S/c1-20-29(32(41)39-25-10-6-3-7-11-25)30(23-12-14-24(35)15-13-23)40-33(42)28(44-34(40)38-20)18-22-16-26(36)31(27(37)17-22)43-19-21-8-4-2-5-9-21/h2-18,30H,19H2,1H3,(H,39,41)/b28-18+/t30-/m0/s1. The lowest BCUT2D eigenvalue weighted by atomic mass is 9.95. The van der Waals surface area contributed by atoms with Crippen LogP contribution < -0.4 is 24.9 Å². The van der Waals surface area contributed by atoms with Gasteiger partial charge in [0.15, 0.2) is 4.80 Å². The molecule has 220 valence electrons. The van der Waals surface area contributed by atoms with Crippen molar-refractivity contribution >= 4 is 74.2 Å². The van der Waals surface area contributed by atoms with Gasteiger partial charge in [-0.05, 0) is 111 Å². The first-order valence-electron chi connectivity index (χ1n) is 13.6. The Bertz CT molecular complexity index is 2050. The summed E-state index contributed by atoms with van der Waals surface area (Å²) in [6, 6.07) is 28.1. The summed E-state index contributed by atoms with van der Waals surface area (Å²) in [5, 5.41) is 2.92. The second kappa shape index (κ2) is 13.2. The quantitative estimate of drug-likeness (QED) is 0.184. The van der Waals surface area contributed by atoms with Gasteiger partial charge >= 0.3 is 0 Å². The van der Waals surface area contributed by atoms with E-state index in [1.165, 1.54) is 28.0 Å². The first-order valence-corrected chi connectivity index (χ1v) is 16.6. The second-order valence-electron chi connectivity index (χ2n) is 10.0. The number of para-hydroxylation sites is 1. The normalized spacial score (nSPS) is 14.6. The van der Waals surface area contributed by atoms with Crippen LogP contribution in [0, 0.1) is 13.0 Å². The van der Waals surface area contributed by atoms with Crippen molar-refractivity contribution in [2.45, 2.75) is 19.6 Å². The molecule has 0 saturated carbocycles. The molecular weight excluding hydrogens is 803 g/mol. The summed E-state index contributed by atoms with van der Waals surface area (Å²) in [4.78, 5) is 32.8. The number of carbonyl (C=O) groups excluding carboxylic acids is 1. The molecule has 1 aromatic heterocycles. The maximum Gasteiger partial charge on any atom is 0.271 e. The first-order chi connectivity index (χ1) is 21.3. The van der Waals surface area contributed by atoms with E-state index in [0.717, 1.165) is 24.0 Å². The smallest absolute Gasteiger partial charge is 0.271 e. The minimum absolute atomic E-state index is 0.282. The molecular formula is C34H24FI2N3O3S. The maximum atomic E-state index is 14.0. The number of ether oxygens (including phenoxy) is 1. The Morgan fingerprint density at radius 2 is 1.64 bits per heavy atom. The van der Waals surface area contributed by atoms with Crippen LogP contribution in [0.25, 0.3) is 6.08 Å². The molecule has 1 aliphatic rings. The highest BCUT2D eigenvalue weighted by atomic mass is 127. The number of nitrogens with zero attached hydrogens (tertiary/aromatic N) is 2. The van der Waals surface area contributed by atoms with E-state index in [1.807, 2.05) is 66.7 Å². The molecule has 1 N–H and O–H groups in total. The Morgan fingerprint density at radius 3 is 2.30 bits per heavy atom. The molecule has 44 heavy (non-hydrogen) atoms. The first kappa shape index (κ1) is 30.4. The van der Waals surface area contributed by atoms with Crippen LogP contribution >= 0.6 is 56.5 Å². The van der Waals surface area contributed by atoms with Gasteiger partial charge in [0.25, 0.3) is 11.5 Å². The Labute approximate surface area is 283 Å². The van der Waals surface area contributed by atoms with Gasteiger partial charge < -0.3 is 10.1 Å². The van der Waals surface area contributed by atoms with E-state index in [-0.39, 0.29) is 11.5 Å². The highest BCUT2D eigenvalue weighted by molar-refractivity contribution is 14.1. The molecule has 2 heterocycles. The number of amides is 1. The van der Waals surface area contributed by atoms with E-state index in [9.17, 15) is 14.0 Å². The van der Waals surface area contributed by atoms with Crippen LogP contribution in [0.4, 0.5) is 10.1 Å². The Balaban J connectivity index is 1.40. The number of aromatic nitrogens is 1. The minimum atomic E-state index is -0.785. The van der Waals surface area contributed by atoms with Crippen molar-refractivity contribution in [1.29, 1.82) is 0 Å². The predicted octanol–water partition coefficient (Wildman–Crippen LogP) is 6.80. The van der Waals surface area contributed by atoms with Gasteiger partial charge in [-0.2, -0.15) is 0 Å². The van der Waals surface area contributed by atoms with Gasteiger partial charge in [-0.15, -0.1) is 0 Å². The van der Waals surface area contributed by atoms with E-state index in [2.05, 4.69) is 50.5 Å². The van der Waals surface area contributed by atoms with Gasteiger partial charge in [0, 0.05) is 5.69 Å². The zero-order valence-electron chi connectivity index (χ0n) is 23.3. The maximum absolute atomic E-state index is 14.0. The summed E-state index contributed by atoms with van der Waals surface area (Å²) in [7, 11) is 0. The molecule has 4 aromatic carbocycles. The number of hydrogen-bond donors (Lipinski definition) is 1. The molecule has 1 atom stereocenters. The molecule has 0 aliphatic carbocycles. The summed E-state index contributed by atoms with van der Waals surface area (Å²) < 4.78 is 23.9. The van der Waals surface area contributed by atoms with Crippen molar-refractivity contribution in [2.24, 2.45) is 4.99 Å². The molecule has 0 unspecified atom stereocenters. The highest BCUT2D eigenvalue weighted by Gasteiger charge is 2.32. The van der Waals surface area contributed by atoms with Gasteiger partial charge in [-0.1, -0.05) is 72.0 Å². The summed E-state index contributed by atoms with van der Waals surface area (Å²) >= 11 is 5.75. The lowest BCUT2D eigenvalue weighted by Crippen LogP contribution is -2.40. The number of fused-ring (bicyclic) bond motifs is 1. The molecule has 0 spiro atoms. The van der Waals surface area contributed by atoms with Gasteiger partial charge in [0.05, 0.1) is 29.0 Å². The van der Waals surface area contributed by atoms with Crippen molar-refractivity contribution in [1.82, 2.24) is 4.57 Å². The van der Waals surface area contributed by atoms with Crippen molar-refractivity contribution in [3.05, 3.63) is 158 Å². The molecule has 5 aromatic rings. The fraction of sp³-hybridized carbons (Fsp3) is 0.0882. The third kappa shape index (κ3) is 6.42. The van der Waals surface area contributed by atoms with Gasteiger partial charge in [-0.3, -0.25) is 14.2 Å². The fourth-order valence-electron chi connectivity index (χ4n) is 4.97. The van der Waals surface area contributed by atoms with Crippen molar-refractivity contribution in [2.75, 3.05) is 5.32 Å². The topological polar surface area (TPSA) is 72.7 Å². The number of rotatable bonds is 7. The van der Waals surface area contributed by atoms with Crippen LogP contribution in [0.3, 0.4) is 0 Å². The van der Waals surface area contributed by atoms with E-state index in [1.54, 1.807) is 31.2 Å². The summed E-state index contributed by atoms with van der Waals surface area (Å²) in [5.41, 5.74) is 3.67. The van der Waals surface area contributed by atoms with Crippen LogP contribution in [0.1, 0.15) is 29.7 Å². The Kier molecular flexibility index (Phi) is 9.10. The zero-order valence-corrected chi connectivity index (χ0v) is 28.4. The molecule has 1 amide bonds. The minimum Gasteiger partial charge on any atom is -0.487 e. The third-order valence-corrected chi connectivity index (χ3v) is 9.61. The third-order valence-electron chi connectivity index (χ3n) is 7.03. The summed E-state index contributed by atoms with van der Waals surface area (Å²) in [6.45, 7) is 2.21. The molecule has 0 radical (unpaired) electrons. The second-order valence-corrected chi connectivity index (χ2v) is 13.4. The van der Waals surface area contributed by atoms with Crippen LogP contribution in [-0.2, 0) is 11.4 Å². The monoisotopic (exact) mass is 827 g/mol. The number of benzene rings is 4. The summed E-state index contributed by atoms with van der Waals surface area (Å²) in [6.07, 6.45) is 1.83. The lowest BCUT2D eigenvalue weighted by Gasteiger charge is -2.25. The van der Waals surface area contributed by atoms with Crippen LogP contribution in [-0.4, -0.2) is 10.5 Å². The van der Waals surface area contributed by atoms with Crippen LogP contribution in [0.2, 0.25) is 0 Å². The van der Waals surface area contributed by atoms with Crippen LogP contribution in [0.5, 0.6) is 5.75 Å². The SMILES string of the molecule is CC1=C(C(=O)Nc2ccccc2)[C@H](c2ccc(F)cc2)n2c(s/c(=C/c3cc(I)c(OCc4ccccc4)c(I)c3)c2=O)=N1. The average molecular weight is 827 g/mol. The fourth-order valence-corrected chi connectivity index (χ4v) is 8.15. The van der Waals surface area contributed by atoms with E-state index in [0.29, 0.717) is 38.5 Å². The molecule has 0 saturated heterocycles. The molecule has 0 bridgehead atoms. The van der Waals surface area contributed by atoms with Gasteiger partial charge in [-0.25, -0.2) is 9.38 Å². The van der Waals surface area contributed by atoms with Gasteiger partial charge in [0.1, 0.15) is 18.2 Å². The zero-order chi connectivity index (χ0) is 30.8. The molecule has 0 fully saturated rings. The van der Waals surface area contributed by atoms with Crippen LogP contribution in [0.15, 0.2) is 118 Å².